The molecule has 0 saturated heterocycles. The van der Waals surface area contributed by atoms with Gasteiger partial charge in [0.15, 0.2) is 5.82 Å². The van der Waals surface area contributed by atoms with Gasteiger partial charge in [0, 0.05) is 22.1 Å². The number of aromatic nitrogens is 4. The summed E-state index contributed by atoms with van der Waals surface area (Å²) in [6, 6.07) is 8.18. The van der Waals surface area contributed by atoms with Crippen molar-refractivity contribution in [3.05, 3.63) is 63.1 Å². The van der Waals surface area contributed by atoms with E-state index >= 15 is 0 Å². The van der Waals surface area contributed by atoms with Gasteiger partial charge in [-0.3, -0.25) is 0 Å². The van der Waals surface area contributed by atoms with Crippen LogP contribution in [0, 0.1) is 13.8 Å². The van der Waals surface area contributed by atoms with Crippen LogP contribution in [0.15, 0.2) is 45.6 Å². The zero-order valence-electron chi connectivity index (χ0n) is 15.5. The molecule has 0 saturated carbocycles. The molecule has 0 radical (unpaired) electrons. The summed E-state index contributed by atoms with van der Waals surface area (Å²) in [5.41, 5.74) is 4.49. The molecule has 4 rings (SSSR count). The zero-order valence-corrected chi connectivity index (χ0v) is 17.9. The molecule has 0 spiro atoms. The highest BCUT2D eigenvalue weighted by Crippen LogP contribution is 2.28. The van der Waals surface area contributed by atoms with E-state index in [1.54, 1.807) is 22.7 Å². The number of hydrogen-bond acceptors (Lipinski definition) is 8. The minimum atomic E-state index is 0.270. The van der Waals surface area contributed by atoms with Crippen molar-refractivity contribution in [2.24, 2.45) is 0 Å². The Bertz CT molecular complexity index is 1050. The second-order valence-electron chi connectivity index (χ2n) is 6.33. The summed E-state index contributed by atoms with van der Waals surface area (Å²) in [4.78, 5) is 4.68. The van der Waals surface area contributed by atoms with Crippen LogP contribution >= 0.6 is 34.4 Å². The first-order valence-electron chi connectivity index (χ1n) is 8.59. The molecule has 0 bridgehead atoms. The molecule has 6 nitrogen and oxygen atoms in total. The number of benzene rings is 1. The maximum atomic E-state index is 6.15. The molecule has 28 heavy (non-hydrogen) atoms. The molecule has 0 amide bonds. The number of thiazole rings is 1. The summed E-state index contributed by atoms with van der Waals surface area (Å²) in [5.74, 6) is 8.22. The Morgan fingerprint density at radius 1 is 1.14 bits per heavy atom. The molecule has 0 unspecified atom stereocenters. The molecule has 0 fully saturated rings. The van der Waals surface area contributed by atoms with E-state index < -0.39 is 0 Å². The van der Waals surface area contributed by atoms with Gasteiger partial charge in [0.2, 0.25) is 5.16 Å². The van der Waals surface area contributed by atoms with Crippen molar-refractivity contribution in [1.29, 1.82) is 0 Å². The van der Waals surface area contributed by atoms with Crippen LogP contribution in [0.5, 0.6) is 5.75 Å². The lowest BCUT2D eigenvalue weighted by atomic mass is 10.1. The molecule has 1 aromatic carbocycles. The zero-order chi connectivity index (χ0) is 19.5. The lowest BCUT2D eigenvalue weighted by Crippen LogP contribution is -2.15. The van der Waals surface area contributed by atoms with Crippen molar-refractivity contribution in [2.75, 3.05) is 5.84 Å². The van der Waals surface area contributed by atoms with Gasteiger partial charge in [-0.15, -0.1) is 21.5 Å². The number of rotatable bonds is 7. The number of nitrogens with zero attached hydrogens (tertiary/aromatic N) is 4. The topological polar surface area (TPSA) is 78.9 Å². The van der Waals surface area contributed by atoms with Crippen molar-refractivity contribution < 1.29 is 4.74 Å². The van der Waals surface area contributed by atoms with Crippen LogP contribution in [-0.2, 0) is 12.4 Å². The van der Waals surface area contributed by atoms with Gasteiger partial charge in [-0.2, -0.15) is 11.3 Å². The minimum Gasteiger partial charge on any atom is -0.486 e. The molecule has 0 aliphatic carbocycles. The number of thiophene rings is 1. The van der Waals surface area contributed by atoms with Crippen molar-refractivity contribution >= 4 is 34.4 Å². The predicted molar refractivity (Wildman–Crippen MR) is 115 cm³/mol. The van der Waals surface area contributed by atoms with Crippen LogP contribution in [0.4, 0.5) is 0 Å². The summed E-state index contributed by atoms with van der Waals surface area (Å²) >= 11 is 4.84. The van der Waals surface area contributed by atoms with Gasteiger partial charge in [0.05, 0.1) is 5.69 Å². The largest absolute Gasteiger partial charge is 0.486 e. The van der Waals surface area contributed by atoms with E-state index in [2.05, 4.69) is 43.5 Å². The normalized spacial score (nSPS) is 11.1. The molecule has 3 heterocycles. The van der Waals surface area contributed by atoms with E-state index in [0.717, 1.165) is 27.6 Å². The summed E-state index contributed by atoms with van der Waals surface area (Å²) in [5, 5.41) is 16.3. The van der Waals surface area contributed by atoms with Gasteiger partial charge in [-0.1, -0.05) is 17.8 Å². The fourth-order valence-electron chi connectivity index (χ4n) is 2.70. The third-order valence-corrected chi connectivity index (χ3v) is 6.57. The SMILES string of the molecule is Cc1cc(C)cc(OCc2nnc(SCc3csc(-c4ccsc4)n3)n2N)c1. The molecular weight excluding hydrogens is 410 g/mol. The van der Waals surface area contributed by atoms with Gasteiger partial charge in [-0.05, 0) is 48.6 Å². The summed E-state index contributed by atoms with van der Waals surface area (Å²) in [6.45, 7) is 4.36. The summed E-state index contributed by atoms with van der Waals surface area (Å²) in [7, 11) is 0. The van der Waals surface area contributed by atoms with Crippen LogP contribution in [-0.4, -0.2) is 19.9 Å². The molecule has 0 atom stereocenters. The monoisotopic (exact) mass is 429 g/mol. The van der Waals surface area contributed by atoms with Crippen molar-refractivity contribution in [3.8, 4) is 16.3 Å². The van der Waals surface area contributed by atoms with Crippen LogP contribution in [0.3, 0.4) is 0 Å². The standard InChI is InChI=1S/C19H19N5OS3/c1-12-5-13(2)7-16(6-12)25-8-17-22-23-19(24(17)20)28-11-15-10-27-18(21-15)14-3-4-26-9-14/h3-7,9-10H,8,11,20H2,1-2H3. The Morgan fingerprint density at radius 2 is 1.96 bits per heavy atom. The first-order valence-corrected chi connectivity index (χ1v) is 11.4. The lowest BCUT2D eigenvalue weighted by Gasteiger charge is -2.08. The number of thioether (sulfide) groups is 1. The average Bonchev–Trinajstić information content (AvgIpc) is 3.39. The first-order chi connectivity index (χ1) is 13.6. The predicted octanol–water partition coefficient (Wildman–Crippen LogP) is 4.67. The minimum absolute atomic E-state index is 0.270. The fourth-order valence-corrected chi connectivity index (χ4v) is 5.10. The molecule has 144 valence electrons. The Morgan fingerprint density at radius 3 is 2.71 bits per heavy atom. The Balaban J connectivity index is 1.37. The molecular formula is C19H19N5OS3. The van der Waals surface area contributed by atoms with E-state index in [9.17, 15) is 0 Å². The van der Waals surface area contributed by atoms with Crippen molar-refractivity contribution in [2.45, 2.75) is 31.4 Å². The number of ether oxygens (including phenoxy) is 1. The van der Waals surface area contributed by atoms with Gasteiger partial charge >= 0.3 is 0 Å². The van der Waals surface area contributed by atoms with Crippen molar-refractivity contribution in [3.63, 3.8) is 0 Å². The van der Waals surface area contributed by atoms with Gasteiger partial charge in [0.25, 0.3) is 0 Å². The molecule has 2 N–H and O–H groups in total. The van der Waals surface area contributed by atoms with E-state index in [4.69, 9.17) is 10.6 Å². The van der Waals surface area contributed by atoms with E-state index in [1.165, 1.54) is 22.0 Å². The van der Waals surface area contributed by atoms with Crippen LogP contribution in [0.2, 0.25) is 0 Å². The Kier molecular flexibility index (Phi) is 5.65. The van der Waals surface area contributed by atoms with Gasteiger partial charge < -0.3 is 10.6 Å². The van der Waals surface area contributed by atoms with Crippen LogP contribution in [0.1, 0.15) is 22.6 Å². The highest BCUT2D eigenvalue weighted by Gasteiger charge is 2.13. The van der Waals surface area contributed by atoms with Crippen LogP contribution < -0.4 is 10.6 Å². The maximum absolute atomic E-state index is 6.15. The summed E-state index contributed by atoms with van der Waals surface area (Å²) in [6.07, 6.45) is 0. The first kappa shape index (κ1) is 19.0. The van der Waals surface area contributed by atoms with E-state index in [0.29, 0.717) is 16.7 Å². The Hall–Kier alpha value is -2.36. The third-order valence-electron chi connectivity index (χ3n) is 3.97. The molecule has 4 aromatic rings. The van der Waals surface area contributed by atoms with E-state index in [1.807, 2.05) is 26.0 Å². The number of hydrogen-bond donors (Lipinski definition) is 1. The average molecular weight is 430 g/mol. The summed E-state index contributed by atoms with van der Waals surface area (Å²) < 4.78 is 7.32. The molecule has 0 aliphatic rings. The quantitative estimate of drug-likeness (QED) is 0.340. The molecule has 9 heteroatoms. The van der Waals surface area contributed by atoms with Crippen LogP contribution in [0.25, 0.3) is 10.6 Å². The maximum Gasteiger partial charge on any atom is 0.210 e. The Labute approximate surface area is 175 Å². The molecule has 0 aliphatic heterocycles. The second kappa shape index (κ2) is 8.34. The van der Waals surface area contributed by atoms with E-state index in [-0.39, 0.29) is 6.61 Å². The highest BCUT2D eigenvalue weighted by atomic mass is 32.2. The lowest BCUT2D eigenvalue weighted by molar-refractivity contribution is 0.291. The fraction of sp³-hybridized carbons (Fsp3) is 0.211. The highest BCUT2D eigenvalue weighted by molar-refractivity contribution is 7.98. The van der Waals surface area contributed by atoms with Gasteiger partial charge in [-0.25, -0.2) is 9.66 Å². The van der Waals surface area contributed by atoms with Crippen molar-refractivity contribution in [1.82, 2.24) is 19.9 Å². The second-order valence-corrected chi connectivity index (χ2v) is 8.91. The number of aryl methyl sites for hydroxylation is 2. The number of nitrogens with two attached hydrogens (primary N) is 1. The number of nitrogen functional groups attached to an aromatic ring is 1. The van der Waals surface area contributed by atoms with Gasteiger partial charge in [0.1, 0.15) is 17.4 Å². The smallest absolute Gasteiger partial charge is 0.210 e. The molecule has 3 aromatic heterocycles. The third kappa shape index (κ3) is 4.37.